The predicted molar refractivity (Wildman–Crippen MR) is 75.2 cm³/mol. The van der Waals surface area contributed by atoms with Gasteiger partial charge in [0.05, 0.1) is 18.3 Å². The maximum absolute atomic E-state index is 12.0. The molecule has 1 atom stereocenters. The molecule has 1 unspecified atom stereocenters. The minimum atomic E-state index is -0.596. The Morgan fingerprint density at radius 1 is 1.58 bits per heavy atom. The number of hydrogen-bond donors (Lipinski definition) is 3. The summed E-state index contributed by atoms with van der Waals surface area (Å²) >= 11 is 0. The first-order chi connectivity index (χ1) is 8.91. The van der Waals surface area contributed by atoms with Gasteiger partial charge in [0.15, 0.2) is 0 Å². The van der Waals surface area contributed by atoms with Gasteiger partial charge in [-0.05, 0) is 27.2 Å². The van der Waals surface area contributed by atoms with Crippen LogP contribution < -0.4 is 10.6 Å². The van der Waals surface area contributed by atoms with E-state index in [0.717, 1.165) is 12.8 Å². The largest absolute Gasteiger partial charge is 0.394 e. The summed E-state index contributed by atoms with van der Waals surface area (Å²) in [6.07, 6.45) is 3.26. The third-order valence-electron chi connectivity index (χ3n) is 2.97. The quantitative estimate of drug-likeness (QED) is 0.739. The molecule has 1 rings (SSSR count). The minimum absolute atomic E-state index is 0.0856. The van der Waals surface area contributed by atoms with Gasteiger partial charge in [0.2, 0.25) is 0 Å². The van der Waals surface area contributed by atoms with Gasteiger partial charge < -0.3 is 10.4 Å². The van der Waals surface area contributed by atoms with E-state index in [9.17, 15) is 9.90 Å². The molecule has 0 aliphatic rings. The zero-order chi connectivity index (χ0) is 14.5. The highest BCUT2D eigenvalue weighted by atomic mass is 16.3. The van der Waals surface area contributed by atoms with Gasteiger partial charge in [-0.3, -0.25) is 5.32 Å². The Bertz CT molecular complexity index is 417. The predicted octanol–water partition coefficient (Wildman–Crippen LogP) is 2.14. The normalized spacial score (nSPS) is 14.2. The van der Waals surface area contributed by atoms with Crippen molar-refractivity contribution in [2.75, 3.05) is 11.9 Å². The van der Waals surface area contributed by atoms with Crippen LogP contribution in [0.5, 0.6) is 0 Å². The van der Waals surface area contributed by atoms with Gasteiger partial charge in [-0.1, -0.05) is 13.3 Å². The van der Waals surface area contributed by atoms with E-state index in [1.54, 1.807) is 16.9 Å². The number of aliphatic hydroxyl groups is 1. The molecule has 1 heterocycles. The number of nitrogens with zero attached hydrogens (tertiary/aromatic N) is 2. The number of carbonyl (C=O) groups excluding carboxylic acids is 1. The molecule has 0 aliphatic carbocycles. The molecule has 0 radical (unpaired) electrons. The highest BCUT2D eigenvalue weighted by molar-refractivity contribution is 5.88. The standard InChI is InChI=1S/C13H24N4O2/c1-5-7-13(4,9-18)16-12(19)15-11-6-8-14-17(11)10(2)3/h6,8,10,18H,5,7,9H2,1-4H3,(H2,15,16,19). The Kier molecular flexibility index (Phi) is 5.35. The number of aliphatic hydroxyl groups excluding tert-OH is 1. The van der Waals surface area contributed by atoms with E-state index in [0.29, 0.717) is 5.82 Å². The lowest BCUT2D eigenvalue weighted by Crippen LogP contribution is -2.50. The molecule has 0 saturated heterocycles. The summed E-state index contributed by atoms with van der Waals surface area (Å²) < 4.78 is 1.73. The summed E-state index contributed by atoms with van der Waals surface area (Å²) in [7, 11) is 0. The molecule has 19 heavy (non-hydrogen) atoms. The Balaban J connectivity index is 2.67. The van der Waals surface area contributed by atoms with Crippen LogP contribution in [0.2, 0.25) is 0 Å². The molecule has 0 bridgehead atoms. The van der Waals surface area contributed by atoms with Crippen LogP contribution in [0.1, 0.15) is 46.6 Å². The first-order valence-corrected chi connectivity index (χ1v) is 6.65. The molecule has 0 aliphatic heterocycles. The molecule has 1 aromatic rings. The second-order valence-electron chi connectivity index (χ2n) is 5.30. The number of rotatable bonds is 6. The fourth-order valence-electron chi connectivity index (χ4n) is 1.98. The molecule has 6 heteroatoms. The van der Waals surface area contributed by atoms with Gasteiger partial charge in [0.1, 0.15) is 5.82 Å². The van der Waals surface area contributed by atoms with Crippen LogP contribution in [0.3, 0.4) is 0 Å². The molecule has 1 aromatic heterocycles. The third kappa shape index (κ3) is 4.24. The number of amides is 2. The van der Waals surface area contributed by atoms with Crippen LogP contribution in [0.4, 0.5) is 10.6 Å². The SMILES string of the molecule is CCCC(C)(CO)NC(=O)Nc1ccnn1C(C)C. The second kappa shape index (κ2) is 6.56. The molecule has 6 nitrogen and oxygen atoms in total. The molecular weight excluding hydrogens is 244 g/mol. The van der Waals surface area contributed by atoms with Crippen molar-refractivity contribution in [2.45, 2.75) is 52.1 Å². The molecule has 0 saturated carbocycles. The first-order valence-electron chi connectivity index (χ1n) is 6.65. The van der Waals surface area contributed by atoms with E-state index >= 15 is 0 Å². The second-order valence-corrected chi connectivity index (χ2v) is 5.30. The molecule has 3 N–H and O–H groups in total. The zero-order valence-electron chi connectivity index (χ0n) is 12.1. The molecule has 2 amide bonds. The Morgan fingerprint density at radius 2 is 2.26 bits per heavy atom. The summed E-state index contributed by atoms with van der Waals surface area (Å²) in [4.78, 5) is 12.0. The molecule has 0 fully saturated rings. The van der Waals surface area contributed by atoms with Crippen LogP contribution in [-0.2, 0) is 0 Å². The zero-order valence-corrected chi connectivity index (χ0v) is 12.1. The third-order valence-corrected chi connectivity index (χ3v) is 2.97. The number of urea groups is 1. The molecule has 0 aromatic carbocycles. The number of nitrogens with one attached hydrogen (secondary N) is 2. The van der Waals surface area contributed by atoms with Gasteiger partial charge in [-0.15, -0.1) is 0 Å². The van der Waals surface area contributed by atoms with Crippen molar-refractivity contribution < 1.29 is 9.90 Å². The maximum Gasteiger partial charge on any atom is 0.320 e. The van der Waals surface area contributed by atoms with E-state index in [-0.39, 0.29) is 18.7 Å². The topological polar surface area (TPSA) is 79.2 Å². The maximum atomic E-state index is 12.0. The van der Waals surface area contributed by atoms with Crippen LogP contribution in [0.15, 0.2) is 12.3 Å². The lowest BCUT2D eigenvalue weighted by Gasteiger charge is -2.28. The highest BCUT2D eigenvalue weighted by Gasteiger charge is 2.24. The van der Waals surface area contributed by atoms with Crippen molar-refractivity contribution in [2.24, 2.45) is 0 Å². The van der Waals surface area contributed by atoms with E-state index in [2.05, 4.69) is 15.7 Å². The van der Waals surface area contributed by atoms with Crippen molar-refractivity contribution in [3.63, 3.8) is 0 Å². The number of hydrogen-bond acceptors (Lipinski definition) is 3. The average Bonchev–Trinajstić information content (AvgIpc) is 2.77. The lowest BCUT2D eigenvalue weighted by atomic mass is 9.98. The summed E-state index contributed by atoms with van der Waals surface area (Å²) in [6.45, 7) is 7.74. The molecular formula is C13H24N4O2. The molecule has 108 valence electrons. The van der Waals surface area contributed by atoms with Gasteiger partial charge >= 0.3 is 6.03 Å². The fraction of sp³-hybridized carbons (Fsp3) is 0.692. The average molecular weight is 268 g/mol. The fourth-order valence-corrected chi connectivity index (χ4v) is 1.98. The van der Waals surface area contributed by atoms with Crippen molar-refractivity contribution in [1.29, 1.82) is 0 Å². The molecule has 0 spiro atoms. The first kappa shape index (κ1) is 15.5. The van der Waals surface area contributed by atoms with Crippen molar-refractivity contribution in [1.82, 2.24) is 15.1 Å². The Labute approximate surface area is 114 Å². The van der Waals surface area contributed by atoms with Crippen LogP contribution in [0.25, 0.3) is 0 Å². The summed E-state index contributed by atoms with van der Waals surface area (Å²) in [5.41, 5.74) is -0.596. The van der Waals surface area contributed by atoms with E-state index in [4.69, 9.17) is 0 Å². The van der Waals surface area contributed by atoms with E-state index < -0.39 is 5.54 Å². The van der Waals surface area contributed by atoms with Crippen molar-refractivity contribution >= 4 is 11.8 Å². The Hall–Kier alpha value is -1.56. The number of aromatic nitrogens is 2. The van der Waals surface area contributed by atoms with Gasteiger partial charge in [-0.25, -0.2) is 9.48 Å². The van der Waals surface area contributed by atoms with E-state index in [1.807, 2.05) is 27.7 Å². The van der Waals surface area contributed by atoms with Gasteiger partial charge in [0, 0.05) is 12.1 Å². The monoisotopic (exact) mass is 268 g/mol. The van der Waals surface area contributed by atoms with E-state index in [1.165, 1.54) is 0 Å². The highest BCUT2D eigenvalue weighted by Crippen LogP contribution is 2.15. The Morgan fingerprint density at radius 3 is 2.79 bits per heavy atom. The van der Waals surface area contributed by atoms with Crippen LogP contribution >= 0.6 is 0 Å². The van der Waals surface area contributed by atoms with Crippen LogP contribution in [-0.4, -0.2) is 33.1 Å². The smallest absolute Gasteiger partial charge is 0.320 e. The van der Waals surface area contributed by atoms with Gasteiger partial charge in [0.25, 0.3) is 0 Å². The van der Waals surface area contributed by atoms with Crippen molar-refractivity contribution in [3.8, 4) is 0 Å². The summed E-state index contributed by atoms with van der Waals surface area (Å²) in [5.74, 6) is 0.643. The lowest BCUT2D eigenvalue weighted by molar-refractivity contribution is 0.167. The number of carbonyl (C=O) groups is 1. The van der Waals surface area contributed by atoms with Gasteiger partial charge in [-0.2, -0.15) is 5.10 Å². The minimum Gasteiger partial charge on any atom is -0.394 e. The summed E-state index contributed by atoms with van der Waals surface area (Å²) in [5, 5.41) is 19.1. The van der Waals surface area contributed by atoms with Crippen LogP contribution in [0, 0.1) is 0 Å². The summed E-state index contributed by atoms with van der Waals surface area (Å²) in [6, 6.07) is 1.59. The van der Waals surface area contributed by atoms with Crippen molar-refractivity contribution in [3.05, 3.63) is 12.3 Å². The number of anilines is 1.